The minimum atomic E-state index is -4.73. The molecule has 29 heavy (non-hydrogen) atoms. The molecule has 0 unspecified atom stereocenters. The second-order valence-corrected chi connectivity index (χ2v) is 7.50. The van der Waals surface area contributed by atoms with E-state index < -0.39 is 30.1 Å². The maximum atomic E-state index is 12.8. The Kier molecular flexibility index (Phi) is 5.66. The fourth-order valence-electron chi connectivity index (χ4n) is 3.45. The van der Waals surface area contributed by atoms with E-state index in [0.717, 1.165) is 5.69 Å². The number of piperazine rings is 1. The standard InChI is InChI=1S/C19H23F3N2O5/c1-12(15-17(26)29-18(2,3)28-15)16(25)24-10-8-23(9-11-24)13-4-6-14(7-5-13)27-19(20,21)22/h4-7,12,15H,8-11H2,1-3H3/t12-,15+/m0/s1. The number of rotatable bonds is 4. The summed E-state index contributed by atoms with van der Waals surface area (Å²) < 4.78 is 51.3. The number of carbonyl (C=O) groups is 2. The second kappa shape index (κ2) is 7.74. The molecule has 2 fully saturated rings. The normalized spacial score (nSPS) is 23.0. The number of halogens is 3. The van der Waals surface area contributed by atoms with Crippen LogP contribution >= 0.6 is 0 Å². The van der Waals surface area contributed by atoms with E-state index in [0.29, 0.717) is 26.2 Å². The van der Waals surface area contributed by atoms with Crippen molar-refractivity contribution in [2.24, 2.45) is 5.92 Å². The molecule has 0 bridgehead atoms. The van der Waals surface area contributed by atoms with Gasteiger partial charge in [0, 0.05) is 45.7 Å². The summed E-state index contributed by atoms with van der Waals surface area (Å²) in [5.41, 5.74) is 0.740. The number of amides is 1. The Morgan fingerprint density at radius 1 is 1.17 bits per heavy atom. The first-order valence-corrected chi connectivity index (χ1v) is 9.25. The quantitative estimate of drug-likeness (QED) is 0.703. The Bertz CT molecular complexity index is 758. The number of hydrogen-bond donors (Lipinski definition) is 0. The number of hydrogen-bond acceptors (Lipinski definition) is 6. The van der Waals surface area contributed by atoms with Crippen molar-refractivity contribution in [3.8, 4) is 5.75 Å². The van der Waals surface area contributed by atoms with Crippen LogP contribution in [0.1, 0.15) is 20.8 Å². The minimum Gasteiger partial charge on any atom is -0.432 e. The number of benzene rings is 1. The van der Waals surface area contributed by atoms with Crippen LogP contribution in [0.25, 0.3) is 0 Å². The Morgan fingerprint density at radius 2 is 1.76 bits per heavy atom. The third kappa shape index (κ3) is 5.11. The number of nitrogens with zero attached hydrogens (tertiary/aromatic N) is 2. The van der Waals surface area contributed by atoms with Crippen molar-refractivity contribution >= 4 is 17.6 Å². The summed E-state index contributed by atoms with van der Waals surface area (Å²) in [5.74, 6) is -2.74. The van der Waals surface area contributed by atoms with Crippen LogP contribution in [-0.4, -0.2) is 61.2 Å². The first-order valence-electron chi connectivity index (χ1n) is 9.25. The van der Waals surface area contributed by atoms with Crippen LogP contribution in [0.4, 0.5) is 18.9 Å². The molecule has 7 nitrogen and oxygen atoms in total. The van der Waals surface area contributed by atoms with Gasteiger partial charge >= 0.3 is 12.3 Å². The number of alkyl halides is 3. The molecule has 2 heterocycles. The predicted molar refractivity (Wildman–Crippen MR) is 96.1 cm³/mol. The van der Waals surface area contributed by atoms with Crippen LogP contribution in [0.5, 0.6) is 5.75 Å². The van der Waals surface area contributed by atoms with Crippen LogP contribution in [0.3, 0.4) is 0 Å². The molecule has 0 aliphatic carbocycles. The van der Waals surface area contributed by atoms with E-state index in [-0.39, 0.29) is 11.7 Å². The zero-order valence-corrected chi connectivity index (χ0v) is 16.4. The molecule has 0 radical (unpaired) electrons. The molecule has 2 aliphatic heterocycles. The Labute approximate surface area is 166 Å². The smallest absolute Gasteiger partial charge is 0.432 e. The summed E-state index contributed by atoms with van der Waals surface area (Å²) in [4.78, 5) is 28.3. The van der Waals surface area contributed by atoms with E-state index >= 15 is 0 Å². The van der Waals surface area contributed by atoms with Crippen molar-refractivity contribution in [3.63, 3.8) is 0 Å². The summed E-state index contributed by atoms with van der Waals surface area (Å²) in [6.45, 7) is 6.75. The van der Waals surface area contributed by atoms with E-state index in [1.807, 2.05) is 4.90 Å². The molecular formula is C19H23F3N2O5. The average molecular weight is 416 g/mol. The maximum Gasteiger partial charge on any atom is 0.573 e. The number of cyclic esters (lactones) is 1. The van der Waals surface area contributed by atoms with Gasteiger partial charge in [0.1, 0.15) is 5.75 Å². The van der Waals surface area contributed by atoms with E-state index in [2.05, 4.69) is 4.74 Å². The predicted octanol–water partition coefficient (Wildman–Crippen LogP) is 2.55. The molecule has 2 atom stereocenters. The molecule has 1 aromatic carbocycles. The van der Waals surface area contributed by atoms with Gasteiger partial charge in [-0.1, -0.05) is 6.92 Å². The molecule has 1 amide bonds. The molecule has 10 heteroatoms. The van der Waals surface area contributed by atoms with Gasteiger partial charge in [-0.3, -0.25) is 4.79 Å². The molecule has 3 rings (SSSR count). The van der Waals surface area contributed by atoms with Gasteiger partial charge in [0.25, 0.3) is 0 Å². The third-order valence-corrected chi connectivity index (χ3v) is 4.86. The third-order valence-electron chi connectivity index (χ3n) is 4.86. The SMILES string of the molecule is C[C@H](C(=O)N1CCN(c2ccc(OC(F)(F)F)cc2)CC1)[C@H]1OC(C)(C)OC1=O. The summed E-state index contributed by atoms with van der Waals surface area (Å²) >= 11 is 0. The van der Waals surface area contributed by atoms with Gasteiger partial charge in [0.05, 0.1) is 5.92 Å². The van der Waals surface area contributed by atoms with Crippen molar-refractivity contribution in [3.05, 3.63) is 24.3 Å². The Hall–Kier alpha value is -2.49. The molecule has 0 spiro atoms. The molecule has 2 aliphatic rings. The molecule has 0 N–H and O–H groups in total. The zero-order chi connectivity index (χ0) is 21.4. The molecule has 160 valence electrons. The van der Waals surface area contributed by atoms with Gasteiger partial charge in [0.2, 0.25) is 11.7 Å². The van der Waals surface area contributed by atoms with Crippen molar-refractivity contribution in [2.75, 3.05) is 31.1 Å². The van der Waals surface area contributed by atoms with Crippen molar-refractivity contribution < 1.29 is 37.0 Å². The van der Waals surface area contributed by atoms with Gasteiger partial charge in [0.15, 0.2) is 6.10 Å². The monoisotopic (exact) mass is 416 g/mol. The molecule has 0 saturated carbocycles. The Balaban J connectivity index is 1.55. The van der Waals surface area contributed by atoms with E-state index in [1.165, 1.54) is 12.1 Å². The summed E-state index contributed by atoms with van der Waals surface area (Å²) in [5, 5.41) is 0. The van der Waals surface area contributed by atoms with Gasteiger partial charge in [-0.2, -0.15) is 0 Å². The highest BCUT2D eigenvalue weighted by molar-refractivity contribution is 5.87. The van der Waals surface area contributed by atoms with E-state index in [4.69, 9.17) is 9.47 Å². The average Bonchev–Trinajstić information content (AvgIpc) is 2.92. The number of anilines is 1. The van der Waals surface area contributed by atoms with Crippen LogP contribution < -0.4 is 9.64 Å². The van der Waals surface area contributed by atoms with Crippen LogP contribution in [0.2, 0.25) is 0 Å². The number of carbonyl (C=O) groups excluding carboxylic acids is 2. The minimum absolute atomic E-state index is 0.196. The second-order valence-electron chi connectivity index (χ2n) is 7.50. The van der Waals surface area contributed by atoms with Gasteiger partial charge in [-0.15, -0.1) is 13.2 Å². The first kappa shape index (κ1) is 21.2. The van der Waals surface area contributed by atoms with Crippen LogP contribution in [0.15, 0.2) is 24.3 Å². The van der Waals surface area contributed by atoms with Gasteiger partial charge < -0.3 is 24.0 Å². The molecule has 1 aromatic rings. The molecular weight excluding hydrogens is 393 g/mol. The lowest BCUT2D eigenvalue weighted by atomic mass is 10.0. The lowest BCUT2D eigenvalue weighted by Crippen LogP contribution is -2.52. The fourth-order valence-corrected chi connectivity index (χ4v) is 3.45. The van der Waals surface area contributed by atoms with Crippen LogP contribution in [-0.2, 0) is 19.1 Å². The van der Waals surface area contributed by atoms with Crippen molar-refractivity contribution in [1.29, 1.82) is 0 Å². The first-order chi connectivity index (χ1) is 13.5. The lowest BCUT2D eigenvalue weighted by Gasteiger charge is -2.37. The zero-order valence-electron chi connectivity index (χ0n) is 16.4. The lowest BCUT2D eigenvalue weighted by molar-refractivity contribution is -0.274. The van der Waals surface area contributed by atoms with Gasteiger partial charge in [-0.05, 0) is 24.3 Å². The van der Waals surface area contributed by atoms with E-state index in [9.17, 15) is 22.8 Å². The summed E-state index contributed by atoms with van der Waals surface area (Å²) in [7, 11) is 0. The number of ether oxygens (including phenoxy) is 3. The topological polar surface area (TPSA) is 68.3 Å². The fraction of sp³-hybridized carbons (Fsp3) is 0.579. The molecule has 0 aromatic heterocycles. The number of esters is 1. The highest BCUT2D eigenvalue weighted by Crippen LogP contribution is 2.30. The summed E-state index contributed by atoms with van der Waals surface area (Å²) in [6.07, 6.45) is -5.66. The largest absolute Gasteiger partial charge is 0.573 e. The summed E-state index contributed by atoms with van der Waals surface area (Å²) in [6, 6.07) is 5.61. The van der Waals surface area contributed by atoms with E-state index in [1.54, 1.807) is 37.8 Å². The highest BCUT2D eigenvalue weighted by Gasteiger charge is 2.46. The van der Waals surface area contributed by atoms with Crippen molar-refractivity contribution in [2.45, 2.75) is 39.0 Å². The van der Waals surface area contributed by atoms with Gasteiger partial charge in [-0.25, -0.2) is 4.79 Å². The Morgan fingerprint density at radius 3 is 2.24 bits per heavy atom. The maximum absolute atomic E-state index is 12.8. The highest BCUT2D eigenvalue weighted by atomic mass is 19.4. The molecule has 2 saturated heterocycles. The van der Waals surface area contributed by atoms with Crippen LogP contribution in [0, 0.1) is 5.92 Å². The van der Waals surface area contributed by atoms with Crippen molar-refractivity contribution in [1.82, 2.24) is 4.90 Å².